The zero-order valence-corrected chi connectivity index (χ0v) is 17.6. The number of carbonyl (C=O) groups is 2. The van der Waals surface area contributed by atoms with Gasteiger partial charge in [0.2, 0.25) is 0 Å². The number of rotatable bonds is 3. The van der Waals surface area contributed by atoms with Crippen LogP contribution in [0.3, 0.4) is 0 Å². The van der Waals surface area contributed by atoms with Crippen molar-refractivity contribution in [3.05, 3.63) is 47.4 Å². The SMILES string of the molecule is CC(C)OC(=O)C1=CN(C(=O)c2ccc(F)cc2)CC(C)(C)C2C1NNC2C(F)(F)F. The van der Waals surface area contributed by atoms with E-state index in [-0.39, 0.29) is 17.7 Å². The minimum atomic E-state index is -4.58. The summed E-state index contributed by atoms with van der Waals surface area (Å²) >= 11 is 0. The van der Waals surface area contributed by atoms with Crippen molar-refractivity contribution in [2.45, 2.75) is 52.1 Å². The van der Waals surface area contributed by atoms with Crippen LogP contribution in [0, 0.1) is 17.2 Å². The molecule has 1 fully saturated rings. The average Bonchev–Trinajstić information content (AvgIpc) is 3.06. The van der Waals surface area contributed by atoms with Gasteiger partial charge in [-0.1, -0.05) is 13.8 Å². The minimum Gasteiger partial charge on any atom is -0.460 e. The number of halogens is 4. The first-order valence-electron chi connectivity index (χ1n) is 9.88. The Hall–Kier alpha value is -2.46. The first kappa shape index (κ1) is 23.2. The zero-order chi connectivity index (χ0) is 23.1. The van der Waals surface area contributed by atoms with Gasteiger partial charge in [0.1, 0.15) is 11.9 Å². The van der Waals surface area contributed by atoms with Crippen LogP contribution in [0.5, 0.6) is 0 Å². The highest BCUT2D eigenvalue weighted by atomic mass is 19.4. The van der Waals surface area contributed by atoms with Crippen LogP contribution in [0.25, 0.3) is 0 Å². The number of nitrogens with zero attached hydrogens (tertiary/aromatic N) is 1. The van der Waals surface area contributed by atoms with Crippen molar-refractivity contribution in [3.63, 3.8) is 0 Å². The Kier molecular flexibility index (Phi) is 6.16. The first-order valence-corrected chi connectivity index (χ1v) is 9.88. The van der Waals surface area contributed by atoms with Gasteiger partial charge >= 0.3 is 12.1 Å². The third kappa shape index (κ3) is 4.74. The molecule has 3 unspecified atom stereocenters. The van der Waals surface area contributed by atoms with Crippen molar-refractivity contribution in [1.29, 1.82) is 0 Å². The Morgan fingerprint density at radius 1 is 1.16 bits per heavy atom. The largest absolute Gasteiger partial charge is 0.460 e. The van der Waals surface area contributed by atoms with Crippen LogP contribution < -0.4 is 10.9 Å². The molecule has 10 heteroatoms. The highest BCUT2D eigenvalue weighted by Crippen LogP contribution is 2.45. The van der Waals surface area contributed by atoms with Gasteiger partial charge in [-0.2, -0.15) is 13.2 Å². The van der Waals surface area contributed by atoms with Gasteiger partial charge in [0, 0.05) is 24.2 Å². The molecule has 1 aromatic carbocycles. The van der Waals surface area contributed by atoms with Crippen molar-refractivity contribution < 1.29 is 31.9 Å². The number of hydrogen-bond donors (Lipinski definition) is 2. The zero-order valence-electron chi connectivity index (χ0n) is 17.6. The lowest BCUT2D eigenvalue weighted by molar-refractivity contribution is -0.170. The quantitative estimate of drug-likeness (QED) is 0.555. The van der Waals surface area contributed by atoms with Gasteiger partial charge in [-0.3, -0.25) is 4.79 Å². The summed E-state index contributed by atoms with van der Waals surface area (Å²) in [7, 11) is 0. The third-order valence-electron chi connectivity index (χ3n) is 5.51. The molecule has 3 rings (SSSR count). The number of benzene rings is 1. The number of amides is 1. The second-order valence-corrected chi connectivity index (χ2v) is 8.78. The van der Waals surface area contributed by atoms with Crippen LogP contribution in [-0.4, -0.2) is 47.7 Å². The first-order chi connectivity index (χ1) is 14.3. The summed E-state index contributed by atoms with van der Waals surface area (Å²) in [4.78, 5) is 27.1. The van der Waals surface area contributed by atoms with E-state index < -0.39 is 53.4 Å². The maximum atomic E-state index is 13.8. The van der Waals surface area contributed by atoms with Gasteiger partial charge < -0.3 is 9.64 Å². The fourth-order valence-electron chi connectivity index (χ4n) is 4.20. The number of hydrazine groups is 1. The molecular weight excluding hydrogens is 418 g/mol. The predicted molar refractivity (Wildman–Crippen MR) is 104 cm³/mol. The van der Waals surface area contributed by atoms with E-state index in [4.69, 9.17) is 4.74 Å². The monoisotopic (exact) mass is 443 g/mol. The molecule has 2 heterocycles. The van der Waals surface area contributed by atoms with Gasteiger partial charge in [0.05, 0.1) is 17.7 Å². The molecular formula is C21H25F4N3O3. The molecule has 0 saturated carbocycles. The second kappa shape index (κ2) is 8.23. The second-order valence-electron chi connectivity index (χ2n) is 8.78. The van der Waals surface area contributed by atoms with Crippen LogP contribution in [0.2, 0.25) is 0 Å². The molecule has 0 radical (unpaired) electrons. The lowest BCUT2D eigenvalue weighted by Crippen LogP contribution is -2.50. The van der Waals surface area contributed by atoms with Crippen molar-refractivity contribution in [2.24, 2.45) is 11.3 Å². The van der Waals surface area contributed by atoms with E-state index >= 15 is 0 Å². The molecule has 0 aliphatic carbocycles. The topological polar surface area (TPSA) is 70.7 Å². The third-order valence-corrected chi connectivity index (χ3v) is 5.51. The summed E-state index contributed by atoms with van der Waals surface area (Å²) in [5.74, 6) is -2.98. The Bertz CT molecular complexity index is 881. The Morgan fingerprint density at radius 2 is 1.77 bits per heavy atom. The molecule has 31 heavy (non-hydrogen) atoms. The van der Waals surface area contributed by atoms with Crippen molar-refractivity contribution >= 4 is 11.9 Å². The van der Waals surface area contributed by atoms with Crippen LogP contribution in [-0.2, 0) is 9.53 Å². The maximum absolute atomic E-state index is 13.8. The molecule has 1 saturated heterocycles. The summed E-state index contributed by atoms with van der Waals surface area (Å²) in [6, 6.07) is 1.85. The number of fused-ring (bicyclic) bond motifs is 1. The van der Waals surface area contributed by atoms with E-state index in [1.54, 1.807) is 27.7 Å². The smallest absolute Gasteiger partial charge is 0.405 e. The van der Waals surface area contributed by atoms with Gasteiger partial charge in [0.15, 0.2) is 0 Å². The number of ether oxygens (including phenoxy) is 1. The lowest BCUT2D eigenvalue weighted by atomic mass is 9.70. The van der Waals surface area contributed by atoms with E-state index in [1.165, 1.54) is 23.2 Å². The minimum absolute atomic E-state index is 0.0843. The fraction of sp³-hybridized carbons (Fsp3) is 0.524. The van der Waals surface area contributed by atoms with Crippen molar-refractivity contribution in [2.75, 3.05) is 6.54 Å². The summed E-state index contributed by atoms with van der Waals surface area (Å²) in [5, 5.41) is 0. The normalized spacial score (nSPS) is 25.6. The number of nitrogens with one attached hydrogen (secondary N) is 2. The average molecular weight is 443 g/mol. The van der Waals surface area contributed by atoms with E-state index in [9.17, 15) is 27.2 Å². The molecule has 0 aromatic heterocycles. The highest BCUT2D eigenvalue weighted by Gasteiger charge is 2.59. The van der Waals surface area contributed by atoms with E-state index in [1.807, 2.05) is 0 Å². The van der Waals surface area contributed by atoms with E-state index in [0.29, 0.717) is 0 Å². The fourth-order valence-corrected chi connectivity index (χ4v) is 4.20. The van der Waals surface area contributed by atoms with Gasteiger partial charge in [-0.25, -0.2) is 20.0 Å². The molecule has 1 amide bonds. The van der Waals surface area contributed by atoms with Crippen LogP contribution in [0.4, 0.5) is 17.6 Å². The molecule has 6 nitrogen and oxygen atoms in total. The number of alkyl halides is 3. The molecule has 170 valence electrons. The van der Waals surface area contributed by atoms with Crippen molar-refractivity contribution in [3.8, 4) is 0 Å². The Labute approximate surface area is 177 Å². The standard InChI is InChI=1S/C21H25F4N3O3/c1-11(2)31-19(30)14-9-28(18(29)12-5-7-13(22)8-6-12)10-20(3,4)15-16(14)26-27-17(15)21(23,24)25/h5-9,11,15-17,26-27H,10H2,1-4H3. The van der Waals surface area contributed by atoms with Gasteiger partial charge in [0.25, 0.3) is 5.91 Å². The predicted octanol–water partition coefficient (Wildman–Crippen LogP) is 3.17. The molecule has 2 aliphatic heterocycles. The van der Waals surface area contributed by atoms with Crippen LogP contribution in [0.1, 0.15) is 38.1 Å². The lowest BCUT2D eigenvalue weighted by Gasteiger charge is -2.38. The van der Waals surface area contributed by atoms with Gasteiger partial charge in [-0.15, -0.1) is 0 Å². The Balaban J connectivity index is 2.07. The molecule has 3 atom stereocenters. The highest BCUT2D eigenvalue weighted by molar-refractivity contribution is 5.97. The number of esters is 1. The molecule has 2 aliphatic rings. The van der Waals surface area contributed by atoms with Crippen molar-refractivity contribution in [1.82, 2.24) is 15.8 Å². The van der Waals surface area contributed by atoms with E-state index in [2.05, 4.69) is 10.9 Å². The summed E-state index contributed by atoms with van der Waals surface area (Å²) < 4.78 is 59.8. The molecule has 1 aromatic rings. The summed E-state index contributed by atoms with van der Waals surface area (Å²) in [6.45, 7) is 6.40. The van der Waals surface area contributed by atoms with Crippen LogP contribution >= 0.6 is 0 Å². The summed E-state index contributed by atoms with van der Waals surface area (Å²) in [5.41, 5.74) is 3.88. The molecule has 0 bridgehead atoms. The van der Waals surface area contributed by atoms with Crippen LogP contribution in [0.15, 0.2) is 36.0 Å². The molecule has 2 N–H and O–H groups in total. The number of hydrogen-bond acceptors (Lipinski definition) is 5. The Morgan fingerprint density at radius 3 is 2.32 bits per heavy atom. The molecule has 0 spiro atoms. The van der Waals surface area contributed by atoms with E-state index in [0.717, 1.165) is 12.1 Å². The summed E-state index contributed by atoms with van der Waals surface area (Å²) in [6.07, 6.45) is -3.83. The maximum Gasteiger partial charge on any atom is 0.405 e. The van der Waals surface area contributed by atoms with Gasteiger partial charge in [-0.05, 0) is 43.5 Å². The number of carbonyl (C=O) groups excluding carboxylic acids is 2.